The summed E-state index contributed by atoms with van der Waals surface area (Å²) in [7, 11) is -3.78. The predicted molar refractivity (Wildman–Crippen MR) is 65.4 cm³/mol. The third-order valence-corrected chi connectivity index (χ3v) is 5.14. The summed E-state index contributed by atoms with van der Waals surface area (Å²) in [6, 6.07) is 1.30. The second-order valence-corrected chi connectivity index (χ2v) is 6.56. The summed E-state index contributed by atoms with van der Waals surface area (Å²) in [6.07, 6.45) is 1.62. The third kappa shape index (κ3) is 2.89. The van der Waals surface area contributed by atoms with Gasteiger partial charge in [-0.1, -0.05) is 0 Å². The van der Waals surface area contributed by atoms with Crippen LogP contribution in [0.5, 0.6) is 0 Å². The van der Waals surface area contributed by atoms with E-state index in [2.05, 4.69) is 4.72 Å². The summed E-state index contributed by atoms with van der Waals surface area (Å²) in [5, 5.41) is 10.3. The molecular formula is C10H13NO5S2. The van der Waals surface area contributed by atoms with E-state index >= 15 is 0 Å². The minimum absolute atomic E-state index is 0.119. The Labute approximate surface area is 109 Å². The SMILES string of the molecule is O=C(O)c1sccc1S(=O)(=O)NC[C@H]1CCCO1. The van der Waals surface area contributed by atoms with Gasteiger partial charge in [0.15, 0.2) is 0 Å². The Bertz CT molecular complexity index is 530. The molecule has 100 valence electrons. The van der Waals surface area contributed by atoms with E-state index in [0.29, 0.717) is 6.61 Å². The highest BCUT2D eigenvalue weighted by Gasteiger charge is 2.25. The van der Waals surface area contributed by atoms with Crippen LogP contribution in [0.1, 0.15) is 22.5 Å². The standard InChI is InChI=1S/C10H13NO5S2/c12-10(13)9-8(3-5-17-9)18(14,15)11-6-7-2-1-4-16-7/h3,5,7,11H,1-2,4,6H2,(H,12,13)/t7-/m1/s1. The van der Waals surface area contributed by atoms with Crippen molar-refractivity contribution in [1.29, 1.82) is 0 Å². The number of nitrogens with one attached hydrogen (secondary N) is 1. The molecule has 1 saturated heterocycles. The lowest BCUT2D eigenvalue weighted by Crippen LogP contribution is -2.32. The molecule has 0 saturated carbocycles. The van der Waals surface area contributed by atoms with Crippen molar-refractivity contribution in [2.24, 2.45) is 0 Å². The molecule has 2 rings (SSSR count). The van der Waals surface area contributed by atoms with Crippen molar-refractivity contribution in [3.8, 4) is 0 Å². The van der Waals surface area contributed by atoms with Crippen LogP contribution in [-0.4, -0.2) is 38.7 Å². The van der Waals surface area contributed by atoms with E-state index in [1.54, 1.807) is 0 Å². The maximum absolute atomic E-state index is 12.0. The highest BCUT2D eigenvalue weighted by molar-refractivity contribution is 7.89. The fraction of sp³-hybridized carbons (Fsp3) is 0.500. The fourth-order valence-electron chi connectivity index (χ4n) is 1.75. The van der Waals surface area contributed by atoms with Crippen molar-refractivity contribution in [3.63, 3.8) is 0 Å². The largest absolute Gasteiger partial charge is 0.477 e. The Morgan fingerprint density at radius 1 is 1.61 bits per heavy atom. The maximum Gasteiger partial charge on any atom is 0.347 e. The van der Waals surface area contributed by atoms with E-state index in [0.717, 1.165) is 24.2 Å². The van der Waals surface area contributed by atoms with Crippen LogP contribution >= 0.6 is 11.3 Å². The highest BCUT2D eigenvalue weighted by Crippen LogP contribution is 2.22. The molecule has 8 heteroatoms. The predicted octanol–water partition coefficient (Wildman–Crippen LogP) is 0.904. The number of aromatic carboxylic acids is 1. The number of carbonyl (C=O) groups is 1. The van der Waals surface area contributed by atoms with Gasteiger partial charge in [-0.25, -0.2) is 17.9 Å². The van der Waals surface area contributed by atoms with Gasteiger partial charge in [0.25, 0.3) is 0 Å². The first-order valence-electron chi connectivity index (χ1n) is 5.43. The molecule has 1 aliphatic rings. The normalized spacial score (nSPS) is 20.1. The lowest BCUT2D eigenvalue weighted by molar-refractivity contribution is 0.0698. The van der Waals surface area contributed by atoms with E-state index in [1.165, 1.54) is 11.4 Å². The summed E-state index contributed by atoms with van der Waals surface area (Å²) in [4.78, 5) is 10.5. The zero-order chi connectivity index (χ0) is 13.2. The Balaban J connectivity index is 2.09. The zero-order valence-corrected chi connectivity index (χ0v) is 11.1. The van der Waals surface area contributed by atoms with E-state index in [4.69, 9.17) is 9.84 Å². The molecule has 0 amide bonds. The van der Waals surface area contributed by atoms with Crippen LogP contribution in [0.3, 0.4) is 0 Å². The van der Waals surface area contributed by atoms with E-state index in [9.17, 15) is 13.2 Å². The Kier molecular flexibility index (Phi) is 4.00. The monoisotopic (exact) mass is 291 g/mol. The van der Waals surface area contributed by atoms with Gasteiger partial charge in [-0.2, -0.15) is 0 Å². The minimum atomic E-state index is -3.78. The summed E-state index contributed by atoms with van der Waals surface area (Å²) in [5.74, 6) is -1.23. The number of ether oxygens (including phenoxy) is 1. The van der Waals surface area contributed by atoms with Gasteiger partial charge in [-0.15, -0.1) is 11.3 Å². The van der Waals surface area contributed by atoms with E-state index < -0.39 is 16.0 Å². The van der Waals surface area contributed by atoms with Crippen LogP contribution in [0.15, 0.2) is 16.3 Å². The molecule has 1 aromatic rings. The smallest absolute Gasteiger partial charge is 0.347 e. The average molecular weight is 291 g/mol. The maximum atomic E-state index is 12.0. The molecule has 1 fully saturated rings. The lowest BCUT2D eigenvalue weighted by atomic mass is 10.2. The molecule has 1 aliphatic heterocycles. The fourth-order valence-corrected chi connectivity index (χ4v) is 4.07. The van der Waals surface area contributed by atoms with Crippen molar-refractivity contribution < 1.29 is 23.1 Å². The Hall–Kier alpha value is -0.960. The van der Waals surface area contributed by atoms with Crippen LogP contribution in [0.2, 0.25) is 0 Å². The number of hydrogen-bond acceptors (Lipinski definition) is 5. The molecule has 18 heavy (non-hydrogen) atoms. The van der Waals surface area contributed by atoms with E-state index in [1.807, 2.05) is 0 Å². The van der Waals surface area contributed by atoms with Crippen LogP contribution in [0, 0.1) is 0 Å². The number of carboxylic acids is 1. The first-order chi connectivity index (χ1) is 8.50. The second kappa shape index (κ2) is 5.35. The average Bonchev–Trinajstić information content (AvgIpc) is 2.98. The number of sulfonamides is 1. The van der Waals surface area contributed by atoms with Crippen molar-refractivity contribution in [2.75, 3.05) is 13.2 Å². The third-order valence-electron chi connectivity index (χ3n) is 2.64. The van der Waals surface area contributed by atoms with Crippen LogP contribution in [-0.2, 0) is 14.8 Å². The molecule has 2 heterocycles. The van der Waals surface area contributed by atoms with Crippen molar-refractivity contribution in [3.05, 3.63) is 16.3 Å². The summed E-state index contributed by atoms with van der Waals surface area (Å²) in [5.41, 5.74) is 0. The summed E-state index contributed by atoms with van der Waals surface area (Å²) < 4.78 is 31.6. The van der Waals surface area contributed by atoms with Crippen molar-refractivity contribution in [1.82, 2.24) is 4.72 Å². The van der Waals surface area contributed by atoms with Crippen LogP contribution < -0.4 is 4.72 Å². The number of thiophene rings is 1. The molecule has 2 N–H and O–H groups in total. The second-order valence-electron chi connectivity index (χ2n) is 3.91. The number of rotatable bonds is 5. The summed E-state index contributed by atoms with van der Waals surface area (Å²) in [6.45, 7) is 0.822. The molecule has 1 atom stereocenters. The molecule has 6 nitrogen and oxygen atoms in total. The number of hydrogen-bond donors (Lipinski definition) is 2. The number of carboxylic acid groups (broad SMARTS) is 1. The minimum Gasteiger partial charge on any atom is -0.477 e. The molecule has 1 aromatic heterocycles. The molecule has 0 spiro atoms. The highest BCUT2D eigenvalue weighted by atomic mass is 32.2. The molecule has 0 aliphatic carbocycles. The van der Waals surface area contributed by atoms with Crippen molar-refractivity contribution >= 4 is 27.3 Å². The molecule has 0 unspecified atom stereocenters. The molecule has 0 bridgehead atoms. The van der Waals surface area contributed by atoms with Gasteiger partial charge in [0.1, 0.15) is 9.77 Å². The van der Waals surface area contributed by atoms with Gasteiger partial charge in [0.05, 0.1) is 6.10 Å². The van der Waals surface area contributed by atoms with Gasteiger partial charge < -0.3 is 9.84 Å². The van der Waals surface area contributed by atoms with Crippen LogP contribution in [0.25, 0.3) is 0 Å². The molecule has 0 radical (unpaired) electrons. The Morgan fingerprint density at radius 3 is 3.00 bits per heavy atom. The van der Waals surface area contributed by atoms with Gasteiger partial charge in [-0.3, -0.25) is 0 Å². The Morgan fingerprint density at radius 2 is 2.39 bits per heavy atom. The molecular weight excluding hydrogens is 278 g/mol. The summed E-state index contributed by atoms with van der Waals surface area (Å²) >= 11 is 0.893. The lowest BCUT2D eigenvalue weighted by Gasteiger charge is -2.11. The first kappa shape index (κ1) is 13.5. The van der Waals surface area contributed by atoms with Gasteiger partial charge in [0.2, 0.25) is 10.0 Å². The quantitative estimate of drug-likeness (QED) is 0.841. The van der Waals surface area contributed by atoms with E-state index in [-0.39, 0.29) is 22.4 Å². The topological polar surface area (TPSA) is 92.7 Å². The zero-order valence-electron chi connectivity index (χ0n) is 9.46. The first-order valence-corrected chi connectivity index (χ1v) is 7.79. The van der Waals surface area contributed by atoms with Gasteiger partial charge >= 0.3 is 5.97 Å². The van der Waals surface area contributed by atoms with Gasteiger partial charge in [0, 0.05) is 13.2 Å². The molecule has 0 aromatic carbocycles. The van der Waals surface area contributed by atoms with Crippen molar-refractivity contribution in [2.45, 2.75) is 23.8 Å². The van der Waals surface area contributed by atoms with Gasteiger partial charge in [-0.05, 0) is 24.3 Å². The van der Waals surface area contributed by atoms with Crippen LogP contribution in [0.4, 0.5) is 0 Å².